The molecule has 4 rings (SSSR count). The molecule has 112 valence electrons. The fourth-order valence-corrected chi connectivity index (χ4v) is 3.76. The average molecular weight is 360 g/mol. The summed E-state index contributed by atoms with van der Waals surface area (Å²) in [5, 5.41) is 11.4. The largest absolute Gasteiger partial charge is 0.482 e. The summed E-state index contributed by atoms with van der Waals surface area (Å²) in [7, 11) is 0. The Labute approximate surface area is 136 Å². The van der Waals surface area contributed by atoms with Crippen LogP contribution in [0, 0.1) is 16.0 Å². The summed E-state index contributed by atoms with van der Waals surface area (Å²) >= 11 is 3.40. The number of halogens is 1. The number of rotatable bonds is 3. The second-order valence-corrected chi connectivity index (χ2v) is 6.82. The van der Waals surface area contributed by atoms with Crippen LogP contribution in [0.3, 0.4) is 0 Å². The smallest absolute Gasteiger partial charge is 0.312 e. The topological polar surface area (TPSA) is 52.4 Å². The number of fused-ring (bicyclic) bond motifs is 1. The summed E-state index contributed by atoms with van der Waals surface area (Å²) in [6.07, 6.45) is 2.28. The van der Waals surface area contributed by atoms with E-state index >= 15 is 0 Å². The van der Waals surface area contributed by atoms with Crippen molar-refractivity contribution in [2.24, 2.45) is 5.92 Å². The molecule has 0 amide bonds. The Balaban J connectivity index is 1.89. The van der Waals surface area contributed by atoms with Gasteiger partial charge in [-0.3, -0.25) is 10.1 Å². The molecule has 0 radical (unpaired) electrons. The van der Waals surface area contributed by atoms with Crippen molar-refractivity contribution in [3.05, 3.63) is 68.2 Å². The molecule has 0 saturated heterocycles. The van der Waals surface area contributed by atoms with E-state index in [-0.39, 0.29) is 22.6 Å². The maximum absolute atomic E-state index is 11.4. The molecule has 22 heavy (non-hydrogen) atoms. The maximum atomic E-state index is 11.4. The molecule has 1 aliphatic carbocycles. The molecule has 1 heterocycles. The number of hydrogen-bond acceptors (Lipinski definition) is 3. The lowest BCUT2D eigenvalue weighted by Gasteiger charge is -2.19. The van der Waals surface area contributed by atoms with Gasteiger partial charge in [-0.1, -0.05) is 46.3 Å². The molecule has 1 fully saturated rings. The van der Waals surface area contributed by atoms with E-state index in [0.29, 0.717) is 11.7 Å². The summed E-state index contributed by atoms with van der Waals surface area (Å²) < 4.78 is 6.80. The third-order valence-electron chi connectivity index (χ3n) is 4.42. The lowest BCUT2D eigenvalue weighted by atomic mass is 9.86. The van der Waals surface area contributed by atoms with Crippen LogP contribution in [-0.4, -0.2) is 11.0 Å². The second-order valence-electron chi connectivity index (χ2n) is 5.91. The van der Waals surface area contributed by atoms with E-state index < -0.39 is 0 Å². The van der Waals surface area contributed by atoms with E-state index in [2.05, 4.69) is 28.1 Å². The van der Waals surface area contributed by atoms with Crippen LogP contribution < -0.4 is 4.74 Å². The minimum Gasteiger partial charge on any atom is -0.482 e. The van der Waals surface area contributed by atoms with Gasteiger partial charge in [-0.05, 0) is 30.4 Å². The number of nitrogens with zero attached hydrogens (tertiary/aromatic N) is 1. The van der Waals surface area contributed by atoms with E-state index in [1.54, 1.807) is 0 Å². The predicted octanol–water partition coefficient (Wildman–Crippen LogP) is 4.66. The molecule has 0 aromatic heterocycles. The normalized spacial score (nSPS) is 23.0. The number of benzene rings is 2. The van der Waals surface area contributed by atoms with Crippen LogP contribution in [-0.2, 0) is 0 Å². The van der Waals surface area contributed by atoms with Crippen molar-refractivity contribution in [1.29, 1.82) is 0 Å². The Morgan fingerprint density at radius 2 is 1.91 bits per heavy atom. The highest BCUT2D eigenvalue weighted by molar-refractivity contribution is 9.10. The highest BCUT2D eigenvalue weighted by Gasteiger charge is 2.47. The first-order valence-corrected chi connectivity index (χ1v) is 8.14. The number of ether oxygens (including phenoxy) is 1. The third-order valence-corrected chi connectivity index (χ3v) is 4.88. The van der Waals surface area contributed by atoms with Gasteiger partial charge in [-0.25, -0.2) is 0 Å². The predicted molar refractivity (Wildman–Crippen MR) is 86.2 cm³/mol. The molecule has 4 nitrogen and oxygen atoms in total. The van der Waals surface area contributed by atoms with Crippen molar-refractivity contribution in [2.75, 3.05) is 0 Å². The molecule has 1 aliphatic heterocycles. The Hall–Kier alpha value is -1.88. The van der Waals surface area contributed by atoms with E-state index in [1.165, 1.54) is 6.07 Å². The van der Waals surface area contributed by atoms with Gasteiger partial charge in [-0.2, -0.15) is 0 Å². The van der Waals surface area contributed by atoms with E-state index in [0.717, 1.165) is 28.4 Å². The molecule has 0 N–H and O–H groups in total. The minimum atomic E-state index is -0.360. The molecule has 0 bridgehead atoms. The molecular weight excluding hydrogens is 346 g/mol. The highest BCUT2D eigenvalue weighted by atomic mass is 79.9. The molecule has 5 heteroatoms. The second kappa shape index (κ2) is 5.09. The fraction of sp³-hybridized carbons (Fsp3) is 0.294. The molecule has 2 aromatic carbocycles. The highest BCUT2D eigenvalue weighted by Crippen LogP contribution is 2.54. The molecule has 0 unspecified atom stereocenters. The van der Waals surface area contributed by atoms with Gasteiger partial charge in [0.15, 0.2) is 0 Å². The van der Waals surface area contributed by atoms with Gasteiger partial charge < -0.3 is 4.74 Å². The first-order chi connectivity index (χ1) is 10.6. The minimum absolute atomic E-state index is 0.00500. The monoisotopic (exact) mass is 359 g/mol. The Bertz CT molecular complexity index is 743. The molecule has 1 saturated carbocycles. The third kappa shape index (κ3) is 2.20. The summed E-state index contributed by atoms with van der Waals surface area (Å²) in [6, 6.07) is 13.6. The zero-order valence-electron chi connectivity index (χ0n) is 11.7. The Morgan fingerprint density at radius 1 is 1.18 bits per heavy atom. The zero-order chi connectivity index (χ0) is 15.3. The van der Waals surface area contributed by atoms with Crippen LogP contribution >= 0.6 is 15.9 Å². The summed E-state index contributed by atoms with van der Waals surface area (Å²) in [5.74, 6) is 1.01. The van der Waals surface area contributed by atoms with Crippen molar-refractivity contribution in [1.82, 2.24) is 0 Å². The van der Waals surface area contributed by atoms with Crippen molar-refractivity contribution in [3.8, 4) is 5.75 Å². The standard InChI is InChI=1S/C17H14BrNO3/c18-12-8-13-15(10-4-2-1-3-5-10)16(11-6-7-11)22-17(13)14(9-12)19(20)21/h1-5,8-9,11,15-16H,6-7H2/t15-,16+/m0/s1. The van der Waals surface area contributed by atoms with Crippen LogP contribution in [0.5, 0.6) is 5.75 Å². The number of nitro benzene ring substituents is 1. The van der Waals surface area contributed by atoms with E-state index in [1.807, 2.05) is 24.3 Å². The van der Waals surface area contributed by atoms with Crippen molar-refractivity contribution in [3.63, 3.8) is 0 Å². The first-order valence-electron chi connectivity index (χ1n) is 7.34. The Kier molecular flexibility index (Phi) is 3.18. The van der Waals surface area contributed by atoms with Crippen LogP contribution in [0.4, 0.5) is 5.69 Å². The van der Waals surface area contributed by atoms with Crippen LogP contribution in [0.25, 0.3) is 0 Å². The zero-order valence-corrected chi connectivity index (χ0v) is 13.3. The van der Waals surface area contributed by atoms with Crippen molar-refractivity contribution < 1.29 is 9.66 Å². The van der Waals surface area contributed by atoms with Gasteiger partial charge in [0, 0.05) is 16.1 Å². The summed E-state index contributed by atoms with van der Waals surface area (Å²) in [6.45, 7) is 0. The number of nitro groups is 1. The van der Waals surface area contributed by atoms with Gasteiger partial charge in [0.05, 0.1) is 10.8 Å². The lowest BCUT2D eigenvalue weighted by molar-refractivity contribution is -0.385. The van der Waals surface area contributed by atoms with Gasteiger partial charge in [0.2, 0.25) is 5.75 Å². The summed E-state index contributed by atoms with van der Waals surface area (Å²) in [5.41, 5.74) is 2.13. The Morgan fingerprint density at radius 3 is 2.55 bits per heavy atom. The first kappa shape index (κ1) is 13.8. The molecular formula is C17H14BrNO3. The van der Waals surface area contributed by atoms with Crippen LogP contribution in [0.15, 0.2) is 46.9 Å². The van der Waals surface area contributed by atoms with Crippen LogP contribution in [0.2, 0.25) is 0 Å². The van der Waals surface area contributed by atoms with Gasteiger partial charge >= 0.3 is 5.69 Å². The lowest BCUT2D eigenvalue weighted by Crippen LogP contribution is -2.22. The quantitative estimate of drug-likeness (QED) is 0.591. The van der Waals surface area contributed by atoms with Crippen molar-refractivity contribution >= 4 is 21.6 Å². The SMILES string of the molecule is O=[N+]([O-])c1cc(Br)cc2c1O[C@H](C1CC1)[C@H]2c1ccccc1. The summed E-state index contributed by atoms with van der Waals surface area (Å²) in [4.78, 5) is 11.0. The van der Waals surface area contributed by atoms with E-state index in [4.69, 9.17) is 4.74 Å². The van der Waals surface area contributed by atoms with Crippen LogP contribution in [0.1, 0.15) is 29.9 Å². The molecule has 2 aliphatic rings. The van der Waals surface area contributed by atoms with E-state index in [9.17, 15) is 10.1 Å². The van der Waals surface area contributed by atoms with Crippen molar-refractivity contribution in [2.45, 2.75) is 24.9 Å². The van der Waals surface area contributed by atoms with Gasteiger partial charge in [0.1, 0.15) is 6.10 Å². The average Bonchev–Trinajstić information content (AvgIpc) is 3.28. The molecule has 0 spiro atoms. The molecule has 2 aromatic rings. The number of hydrogen-bond donors (Lipinski definition) is 0. The fourth-order valence-electron chi connectivity index (χ4n) is 3.30. The molecule has 2 atom stereocenters. The maximum Gasteiger partial charge on any atom is 0.312 e. The van der Waals surface area contributed by atoms with Gasteiger partial charge in [0.25, 0.3) is 0 Å². The van der Waals surface area contributed by atoms with Gasteiger partial charge in [-0.15, -0.1) is 0 Å².